The Balaban J connectivity index is 1.59. The van der Waals surface area contributed by atoms with Crippen LogP contribution in [0.3, 0.4) is 0 Å². The Hall–Kier alpha value is -3.39. The van der Waals surface area contributed by atoms with Crippen LogP contribution in [-0.2, 0) is 17.5 Å². The fourth-order valence-corrected chi connectivity index (χ4v) is 3.61. The lowest BCUT2D eigenvalue weighted by molar-refractivity contribution is -0.141. The van der Waals surface area contributed by atoms with Crippen LogP contribution in [-0.4, -0.2) is 20.7 Å². The van der Waals surface area contributed by atoms with Gasteiger partial charge in [-0.2, -0.15) is 18.3 Å². The van der Waals surface area contributed by atoms with Gasteiger partial charge in [0.1, 0.15) is 0 Å². The maximum absolute atomic E-state index is 13.3. The van der Waals surface area contributed by atoms with E-state index in [1.807, 2.05) is 24.3 Å². The average molecular weight is 459 g/mol. The third kappa shape index (κ3) is 4.45. The summed E-state index contributed by atoms with van der Waals surface area (Å²) in [6.07, 6.45) is -1.24. The van der Waals surface area contributed by atoms with Gasteiger partial charge in [0, 0.05) is 22.8 Å². The van der Waals surface area contributed by atoms with Gasteiger partial charge < -0.3 is 5.32 Å². The molecular formula is C23H18ClF3N4O. The highest BCUT2D eigenvalue weighted by Crippen LogP contribution is 2.30. The van der Waals surface area contributed by atoms with E-state index < -0.39 is 17.8 Å². The van der Waals surface area contributed by atoms with Crippen molar-refractivity contribution in [3.05, 3.63) is 89.0 Å². The second-order valence-corrected chi connectivity index (χ2v) is 7.73. The summed E-state index contributed by atoms with van der Waals surface area (Å²) in [4.78, 5) is 17.0. The zero-order valence-electron chi connectivity index (χ0n) is 16.9. The van der Waals surface area contributed by atoms with E-state index in [-0.39, 0.29) is 18.1 Å². The van der Waals surface area contributed by atoms with Crippen molar-refractivity contribution in [1.29, 1.82) is 0 Å². The van der Waals surface area contributed by atoms with Crippen LogP contribution >= 0.6 is 11.6 Å². The van der Waals surface area contributed by atoms with Gasteiger partial charge in [0.2, 0.25) is 5.91 Å². The van der Waals surface area contributed by atoms with Gasteiger partial charge in [0.15, 0.2) is 5.69 Å². The third-order valence-electron chi connectivity index (χ3n) is 5.16. The minimum atomic E-state index is -4.61. The summed E-state index contributed by atoms with van der Waals surface area (Å²) in [5.41, 5.74) is 0.377. The molecule has 0 aliphatic rings. The monoisotopic (exact) mass is 458 g/mol. The van der Waals surface area contributed by atoms with E-state index in [2.05, 4.69) is 15.4 Å². The van der Waals surface area contributed by atoms with Crippen LogP contribution in [0, 0.1) is 0 Å². The number of fused-ring (bicyclic) bond motifs is 1. The number of nitrogens with zero attached hydrogens (tertiary/aromatic N) is 3. The number of alkyl halides is 3. The molecule has 9 heteroatoms. The van der Waals surface area contributed by atoms with Crippen molar-refractivity contribution >= 4 is 28.3 Å². The molecule has 0 saturated carbocycles. The Morgan fingerprint density at radius 2 is 1.91 bits per heavy atom. The fourth-order valence-electron chi connectivity index (χ4n) is 3.49. The van der Waals surface area contributed by atoms with Crippen LogP contribution < -0.4 is 5.32 Å². The number of carbonyl (C=O) groups excluding carboxylic acids is 1. The number of pyridine rings is 1. The molecule has 1 unspecified atom stereocenters. The lowest BCUT2D eigenvalue weighted by Crippen LogP contribution is -2.28. The summed E-state index contributed by atoms with van der Waals surface area (Å²) in [6, 6.07) is 14.6. The lowest BCUT2D eigenvalue weighted by atomic mass is 9.95. The second-order valence-electron chi connectivity index (χ2n) is 7.29. The predicted octanol–water partition coefficient (Wildman–Crippen LogP) is 5.51. The molecule has 2 heterocycles. The van der Waals surface area contributed by atoms with Crippen LogP contribution in [0.25, 0.3) is 16.5 Å². The molecule has 164 valence electrons. The molecule has 0 bridgehead atoms. The normalized spacial score (nSPS) is 12.7. The summed E-state index contributed by atoms with van der Waals surface area (Å²) in [7, 11) is 0. The number of carbonyl (C=O) groups is 1. The van der Waals surface area contributed by atoms with Gasteiger partial charge in [-0.15, -0.1) is 0 Å². The molecule has 0 aliphatic carbocycles. The maximum Gasteiger partial charge on any atom is 0.435 e. The molecule has 1 atom stereocenters. The molecule has 0 spiro atoms. The fraction of sp³-hybridized carbons (Fsp3) is 0.174. The number of halogens is 4. The first kappa shape index (κ1) is 21.8. The minimum Gasteiger partial charge on any atom is -0.350 e. The summed E-state index contributed by atoms with van der Waals surface area (Å²) < 4.78 is 41.0. The zero-order valence-corrected chi connectivity index (χ0v) is 17.7. The largest absolute Gasteiger partial charge is 0.435 e. The van der Waals surface area contributed by atoms with Crippen LogP contribution in [0.5, 0.6) is 0 Å². The van der Waals surface area contributed by atoms with Crippen LogP contribution in [0.1, 0.15) is 29.8 Å². The standard InChI is InChI=1S/C23H18ClF3N4O/c1-14(19-4-2-3-15-12-28-10-9-20(15)19)22(32)29-13-18-11-21(23(25,26)27)30-31(18)17-7-5-16(24)6-8-17/h2-12,14H,13H2,1H3,(H,29,32). The third-order valence-corrected chi connectivity index (χ3v) is 5.41. The minimum absolute atomic E-state index is 0.124. The van der Waals surface area contributed by atoms with Crippen LogP contribution in [0.4, 0.5) is 13.2 Å². The van der Waals surface area contributed by atoms with Gasteiger partial charge in [0.05, 0.1) is 23.8 Å². The van der Waals surface area contributed by atoms with Gasteiger partial charge in [-0.25, -0.2) is 4.68 Å². The van der Waals surface area contributed by atoms with Crippen molar-refractivity contribution in [3.63, 3.8) is 0 Å². The molecule has 2 aromatic heterocycles. The highest BCUT2D eigenvalue weighted by atomic mass is 35.5. The SMILES string of the molecule is CC(C(=O)NCc1cc(C(F)(F)F)nn1-c1ccc(Cl)cc1)c1cccc2cnccc12. The van der Waals surface area contributed by atoms with E-state index in [0.717, 1.165) is 27.1 Å². The molecule has 1 N–H and O–H groups in total. The lowest BCUT2D eigenvalue weighted by Gasteiger charge is -2.15. The van der Waals surface area contributed by atoms with Crippen molar-refractivity contribution in [2.45, 2.75) is 25.6 Å². The number of rotatable bonds is 5. The predicted molar refractivity (Wildman–Crippen MR) is 116 cm³/mol. The average Bonchev–Trinajstić information content (AvgIpc) is 3.22. The number of nitrogens with one attached hydrogen (secondary N) is 1. The zero-order chi connectivity index (χ0) is 22.9. The first-order chi connectivity index (χ1) is 15.2. The summed E-state index contributed by atoms with van der Waals surface area (Å²) in [5.74, 6) is -0.832. The summed E-state index contributed by atoms with van der Waals surface area (Å²) >= 11 is 5.88. The molecule has 0 saturated heterocycles. The molecule has 0 radical (unpaired) electrons. The Kier molecular flexibility index (Phi) is 5.88. The van der Waals surface area contributed by atoms with Gasteiger partial charge in [0.25, 0.3) is 0 Å². The summed E-state index contributed by atoms with van der Waals surface area (Å²) in [6.45, 7) is 1.63. The van der Waals surface area contributed by atoms with E-state index in [1.165, 1.54) is 0 Å². The highest BCUT2D eigenvalue weighted by molar-refractivity contribution is 6.30. The first-order valence-corrected chi connectivity index (χ1v) is 10.1. The molecule has 2 aromatic carbocycles. The number of benzene rings is 2. The summed E-state index contributed by atoms with van der Waals surface area (Å²) in [5, 5.41) is 8.68. The van der Waals surface area contributed by atoms with Gasteiger partial charge in [-0.1, -0.05) is 29.8 Å². The van der Waals surface area contributed by atoms with Crippen molar-refractivity contribution in [3.8, 4) is 5.69 Å². The Morgan fingerprint density at radius 1 is 1.16 bits per heavy atom. The maximum atomic E-state index is 13.3. The number of amides is 1. The van der Waals surface area contributed by atoms with Gasteiger partial charge >= 0.3 is 6.18 Å². The molecule has 32 heavy (non-hydrogen) atoms. The van der Waals surface area contributed by atoms with E-state index in [4.69, 9.17) is 11.6 Å². The first-order valence-electron chi connectivity index (χ1n) is 9.76. The highest BCUT2D eigenvalue weighted by Gasteiger charge is 2.35. The van der Waals surface area contributed by atoms with Crippen LogP contribution in [0.2, 0.25) is 5.02 Å². The molecule has 4 rings (SSSR count). The second kappa shape index (κ2) is 8.63. The van der Waals surface area contributed by atoms with Gasteiger partial charge in [-0.05, 0) is 54.3 Å². The molecule has 0 aliphatic heterocycles. The van der Waals surface area contributed by atoms with E-state index in [0.29, 0.717) is 10.7 Å². The molecule has 0 fully saturated rings. The van der Waals surface area contributed by atoms with Gasteiger partial charge in [-0.3, -0.25) is 9.78 Å². The quantitative estimate of drug-likeness (QED) is 0.429. The van der Waals surface area contributed by atoms with Crippen molar-refractivity contribution in [2.75, 3.05) is 0 Å². The Morgan fingerprint density at radius 3 is 2.62 bits per heavy atom. The number of aromatic nitrogens is 3. The molecule has 1 amide bonds. The number of hydrogen-bond donors (Lipinski definition) is 1. The Labute approximate surface area is 186 Å². The molecular weight excluding hydrogens is 441 g/mol. The topological polar surface area (TPSA) is 59.8 Å². The van der Waals surface area contributed by atoms with E-state index >= 15 is 0 Å². The van der Waals surface area contributed by atoms with Crippen molar-refractivity contribution < 1.29 is 18.0 Å². The Bertz CT molecular complexity index is 1260. The van der Waals surface area contributed by atoms with Crippen molar-refractivity contribution in [2.24, 2.45) is 0 Å². The number of hydrogen-bond acceptors (Lipinski definition) is 3. The van der Waals surface area contributed by atoms with Crippen LogP contribution in [0.15, 0.2) is 67.0 Å². The smallest absolute Gasteiger partial charge is 0.350 e. The van der Waals surface area contributed by atoms with E-state index in [9.17, 15) is 18.0 Å². The molecule has 5 nitrogen and oxygen atoms in total. The van der Waals surface area contributed by atoms with E-state index in [1.54, 1.807) is 43.6 Å². The van der Waals surface area contributed by atoms with Crippen molar-refractivity contribution in [1.82, 2.24) is 20.1 Å². The molecule has 4 aromatic rings.